The molecule has 0 aromatic heterocycles. The summed E-state index contributed by atoms with van der Waals surface area (Å²) in [5, 5.41) is 16.8. The van der Waals surface area contributed by atoms with Gasteiger partial charge in [0.05, 0.1) is 0 Å². The van der Waals surface area contributed by atoms with Gasteiger partial charge in [-0.05, 0) is 33.2 Å². The topological polar surface area (TPSA) is 136 Å². The second-order valence-corrected chi connectivity index (χ2v) is 4.01. The minimum Gasteiger partial charge on any atom is -0.480 e. The quantitative estimate of drug-likeness (QED) is 0.222. The third-order valence-corrected chi connectivity index (χ3v) is 1.91. The van der Waals surface area contributed by atoms with Crippen molar-refractivity contribution < 1.29 is 24.5 Å². The summed E-state index contributed by atoms with van der Waals surface area (Å²) in [7, 11) is 0. The van der Waals surface area contributed by atoms with Crippen LogP contribution in [-0.2, 0) is 14.3 Å². The van der Waals surface area contributed by atoms with Gasteiger partial charge in [0.15, 0.2) is 6.29 Å². The molecule has 0 amide bonds. The predicted octanol–water partition coefficient (Wildman–Crippen LogP) is -0.0287. The number of aliphatic carboxylic acids is 1. The zero-order valence-electron chi connectivity index (χ0n) is 11.5. The highest BCUT2D eigenvalue weighted by Gasteiger charge is 2.09. The average molecular weight is 276 g/mol. The molecule has 7 nitrogen and oxygen atoms in total. The number of carbonyl (C=O) groups is 2. The third-order valence-electron chi connectivity index (χ3n) is 1.91. The van der Waals surface area contributed by atoms with Crippen molar-refractivity contribution in [3.63, 3.8) is 0 Å². The SMILES string of the molecule is C=C(C)C(=O)OC(C)O.NCCCC[C@@H](N)C(=O)O. The van der Waals surface area contributed by atoms with Crippen molar-refractivity contribution in [1.29, 1.82) is 0 Å². The molecule has 2 atom stereocenters. The van der Waals surface area contributed by atoms with Gasteiger partial charge >= 0.3 is 11.9 Å². The number of ether oxygens (including phenoxy) is 1. The number of nitrogens with two attached hydrogens (primary N) is 2. The molecule has 0 fully saturated rings. The fourth-order valence-corrected chi connectivity index (χ4v) is 0.888. The molecule has 0 aliphatic rings. The number of unbranched alkanes of at least 4 members (excludes halogenated alkanes) is 1. The van der Waals surface area contributed by atoms with E-state index >= 15 is 0 Å². The van der Waals surface area contributed by atoms with Gasteiger partial charge in [-0.25, -0.2) is 4.79 Å². The van der Waals surface area contributed by atoms with E-state index in [2.05, 4.69) is 11.3 Å². The van der Waals surface area contributed by atoms with Crippen LogP contribution in [0.2, 0.25) is 0 Å². The molecular weight excluding hydrogens is 252 g/mol. The van der Waals surface area contributed by atoms with Gasteiger partial charge in [-0.2, -0.15) is 0 Å². The van der Waals surface area contributed by atoms with Crippen LogP contribution in [0.3, 0.4) is 0 Å². The van der Waals surface area contributed by atoms with Crippen molar-refractivity contribution in [2.75, 3.05) is 6.54 Å². The lowest BCUT2D eigenvalue weighted by Crippen LogP contribution is -2.29. The molecule has 0 rings (SSSR count). The Balaban J connectivity index is 0. The Kier molecular flexibility index (Phi) is 12.2. The molecule has 112 valence electrons. The second kappa shape index (κ2) is 11.6. The van der Waals surface area contributed by atoms with Crippen LogP contribution in [0.4, 0.5) is 0 Å². The molecule has 19 heavy (non-hydrogen) atoms. The molecule has 6 N–H and O–H groups in total. The Morgan fingerprint density at radius 2 is 1.89 bits per heavy atom. The zero-order valence-corrected chi connectivity index (χ0v) is 11.5. The minimum absolute atomic E-state index is 0.288. The Bertz CT molecular complexity index is 292. The maximum Gasteiger partial charge on any atom is 0.335 e. The van der Waals surface area contributed by atoms with Crippen LogP contribution >= 0.6 is 0 Å². The lowest BCUT2D eigenvalue weighted by molar-refractivity contribution is -0.159. The van der Waals surface area contributed by atoms with Crippen molar-refractivity contribution in [3.05, 3.63) is 12.2 Å². The van der Waals surface area contributed by atoms with Crippen LogP contribution in [0.1, 0.15) is 33.1 Å². The van der Waals surface area contributed by atoms with E-state index in [0.717, 1.165) is 12.8 Å². The van der Waals surface area contributed by atoms with E-state index in [4.69, 9.17) is 21.7 Å². The Morgan fingerprint density at radius 3 is 2.16 bits per heavy atom. The van der Waals surface area contributed by atoms with Crippen LogP contribution in [-0.4, -0.2) is 41.0 Å². The number of carbonyl (C=O) groups excluding carboxylic acids is 1. The van der Waals surface area contributed by atoms with Crippen LogP contribution in [0.5, 0.6) is 0 Å². The van der Waals surface area contributed by atoms with Crippen molar-refractivity contribution >= 4 is 11.9 Å². The van der Waals surface area contributed by atoms with Crippen molar-refractivity contribution in [1.82, 2.24) is 0 Å². The van der Waals surface area contributed by atoms with Crippen LogP contribution in [0.15, 0.2) is 12.2 Å². The second-order valence-electron chi connectivity index (χ2n) is 4.01. The van der Waals surface area contributed by atoms with Gasteiger partial charge in [-0.1, -0.05) is 13.0 Å². The number of hydrogen-bond acceptors (Lipinski definition) is 6. The number of aliphatic hydroxyl groups excluding tert-OH is 1. The lowest BCUT2D eigenvalue weighted by atomic mass is 10.1. The number of carboxylic acid groups (broad SMARTS) is 1. The molecule has 0 heterocycles. The van der Waals surface area contributed by atoms with Crippen LogP contribution < -0.4 is 11.5 Å². The van der Waals surface area contributed by atoms with E-state index in [1.807, 2.05) is 0 Å². The van der Waals surface area contributed by atoms with Crippen molar-refractivity contribution in [2.24, 2.45) is 11.5 Å². The Hall–Kier alpha value is -1.44. The van der Waals surface area contributed by atoms with Gasteiger partial charge in [0, 0.05) is 5.57 Å². The first-order valence-electron chi connectivity index (χ1n) is 5.95. The first-order valence-corrected chi connectivity index (χ1v) is 5.95. The summed E-state index contributed by atoms with van der Waals surface area (Å²) in [6.45, 7) is 6.81. The molecule has 0 aliphatic carbocycles. The summed E-state index contributed by atoms with van der Waals surface area (Å²) < 4.78 is 4.33. The molecule has 1 unspecified atom stereocenters. The van der Waals surface area contributed by atoms with Gasteiger partial charge in [-0.15, -0.1) is 0 Å². The van der Waals surface area contributed by atoms with Crippen LogP contribution in [0, 0.1) is 0 Å². The van der Waals surface area contributed by atoms with E-state index in [0.29, 0.717) is 13.0 Å². The number of hydrogen-bond donors (Lipinski definition) is 4. The number of aliphatic hydroxyl groups is 1. The van der Waals surface area contributed by atoms with Crippen LogP contribution in [0.25, 0.3) is 0 Å². The third kappa shape index (κ3) is 14.5. The van der Waals surface area contributed by atoms with Gasteiger partial charge in [0.2, 0.25) is 0 Å². The van der Waals surface area contributed by atoms with E-state index in [-0.39, 0.29) is 5.57 Å². The van der Waals surface area contributed by atoms with Gasteiger partial charge in [-0.3, -0.25) is 4.79 Å². The molecule has 0 aliphatic heterocycles. The molecule has 7 heteroatoms. The smallest absolute Gasteiger partial charge is 0.335 e. The fraction of sp³-hybridized carbons (Fsp3) is 0.667. The number of rotatable bonds is 7. The molecule has 0 saturated carbocycles. The number of esters is 1. The average Bonchev–Trinajstić information content (AvgIpc) is 2.28. The highest BCUT2D eigenvalue weighted by atomic mass is 16.6. The van der Waals surface area contributed by atoms with E-state index in [9.17, 15) is 9.59 Å². The molecule has 0 spiro atoms. The van der Waals surface area contributed by atoms with E-state index < -0.39 is 24.3 Å². The van der Waals surface area contributed by atoms with Gasteiger partial charge in [0.1, 0.15) is 6.04 Å². The summed E-state index contributed by atoms with van der Waals surface area (Å²) in [6, 6.07) is -0.716. The van der Waals surface area contributed by atoms with Gasteiger partial charge < -0.3 is 26.4 Å². The largest absolute Gasteiger partial charge is 0.480 e. The maximum absolute atomic E-state index is 10.5. The summed E-state index contributed by atoms with van der Waals surface area (Å²) in [6.07, 6.45) is 1.12. The van der Waals surface area contributed by atoms with Gasteiger partial charge in [0.25, 0.3) is 0 Å². The summed E-state index contributed by atoms with van der Waals surface area (Å²) in [4.78, 5) is 20.6. The van der Waals surface area contributed by atoms with E-state index in [1.165, 1.54) is 13.8 Å². The van der Waals surface area contributed by atoms with Crippen molar-refractivity contribution in [2.45, 2.75) is 45.4 Å². The molecule has 0 aromatic carbocycles. The molecular formula is C12H24N2O5. The maximum atomic E-state index is 10.5. The highest BCUT2D eigenvalue weighted by molar-refractivity contribution is 5.86. The first kappa shape index (κ1) is 19.9. The summed E-state index contributed by atoms with van der Waals surface area (Å²) >= 11 is 0. The monoisotopic (exact) mass is 276 g/mol. The summed E-state index contributed by atoms with van der Waals surface area (Å²) in [5.74, 6) is -1.50. The number of carboxylic acids is 1. The van der Waals surface area contributed by atoms with E-state index in [1.54, 1.807) is 0 Å². The highest BCUT2D eigenvalue weighted by Crippen LogP contribution is 1.97. The molecule has 0 radical (unpaired) electrons. The predicted molar refractivity (Wildman–Crippen MR) is 71.1 cm³/mol. The minimum atomic E-state index is -1.05. The Morgan fingerprint density at radius 1 is 1.37 bits per heavy atom. The normalized spacial score (nSPS) is 12.7. The summed E-state index contributed by atoms with van der Waals surface area (Å²) in [5.41, 5.74) is 10.7. The lowest BCUT2D eigenvalue weighted by Gasteiger charge is -2.04. The first-order chi connectivity index (χ1) is 8.72. The molecule has 0 saturated heterocycles. The Labute approximate surface area is 113 Å². The zero-order chi connectivity index (χ0) is 15.4. The van der Waals surface area contributed by atoms with Crippen molar-refractivity contribution in [3.8, 4) is 0 Å². The molecule has 0 aromatic rings. The molecule has 0 bridgehead atoms. The standard InChI is InChI=1S/C6H14N2O2.C6H10O3/c7-4-2-1-3-5(8)6(9)10;1-4(2)6(8)9-5(3)7/h5H,1-4,7-8H2,(H,9,10);5,7H,1H2,2-3H3/t5-;/m1./s1. The fourth-order valence-electron chi connectivity index (χ4n) is 0.888.